The van der Waals surface area contributed by atoms with E-state index in [-0.39, 0.29) is 6.61 Å². The average molecular weight is 392 g/mol. The Kier molecular flexibility index (Phi) is 6.55. The van der Waals surface area contributed by atoms with Gasteiger partial charge in [-0.3, -0.25) is 4.79 Å². The van der Waals surface area contributed by atoms with Crippen molar-refractivity contribution in [3.63, 3.8) is 0 Å². The van der Waals surface area contributed by atoms with Crippen LogP contribution in [0.25, 0.3) is 0 Å². The van der Waals surface area contributed by atoms with E-state index in [0.717, 1.165) is 16.7 Å². The third-order valence-electron chi connectivity index (χ3n) is 5.03. The van der Waals surface area contributed by atoms with Crippen LogP contribution in [-0.2, 0) is 14.9 Å². The monoisotopic (exact) mass is 391 g/mol. The molecule has 3 aromatic carbocycles. The molecule has 0 saturated heterocycles. The number of ether oxygens (including phenoxy) is 1. The van der Waals surface area contributed by atoms with E-state index in [1.54, 1.807) is 6.92 Å². The predicted molar refractivity (Wildman–Crippen MR) is 117 cm³/mol. The van der Waals surface area contributed by atoms with Crippen LogP contribution >= 0.6 is 12.6 Å². The van der Waals surface area contributed by atoms with Crippen LogP contribution in [0.3, 0.4) is 0 Å². The van der Waals surface area contributed by atoms with Gasteiger partial charge < -0.3 is 10.5 Å². The van der Waals surface area contributed by atoms with Gasteiger partial charge in [-0.1, -0.05) is 91.0 Å². The smallest absolute Gasteiger partial charge is 0.324 e. The summed E-state index contributed by atoms with van der Waals surface area (Å²) in [5, 5.41) is -0.543. The summed E-state index contributed by atoms with van der Waals surface area (Å²) in [5.41, 5.74) is 8.73. The van der Waals surface area contributed by atoms with Crippen molar-refractivity contribution in [2.75, 3.05) is 6.61 Å². The third kappa shape index (κ3) is 3.71. The molecule has 3 rings (SSSR count). The van der Waals surface area contributed by atoms with Crippen LogP contribution in [0.1, 0.15) is 23.6 Å². The Morgan fingerprint density at radius 2 is 1.21 bits per heavy atom. The maximum absolute atomic E-state index is 12.5. The maximum atomic E-state index is 12.5. The van der Waals surface area contributed by atoms with Gasteiger partial charge in [0.1, 0.15) is 6.04 Å². The highest BCUT2D eigenvalue weighted by Gasteiger charge is 2.46. The van der Waals surface area contributed by atoms with Crippen LogP contribution in [0.2, 0.25) is 0 Å². The third-order valence-corrected chi connectivity index (χ3v) is 5.74. The molecule has 0 aliphatic carbocycles. The van der Waals surface area contributed by atoms with Crippen LogP contribution in [0, 0.1) is 0 Å². The summed E-state index contributed by atoms with van der Waals surface area (Å²) >= 11 is 4.95. The summed E-state index contributed by atoms with van der Waals surface area (Å²) in [6.07, 6.45) is 0. The molecule has 0 spiro atoms. The van der Waals surface area contributed by atoms with Crippen molar-refractivity contribution < 1.29 is 9.53 Å². The van der Waals surface area contributed by atoms with Gasteiger partial charge in [-0.25, -0.2) is 0 Å². The maximum Gasteiger partial charge on any atom is 0.324 e. The lowest BCUT2D eigenvalue weighted by atomic mass is 9.65. The molecule has 0 bridgehead atoms. The first-order valence-corrected chi connectivity index (χ1v) is 9.90. The molecule has 144 valence electrons. The number of rotatable bonds is 7. The highest BCUT2D eigenvalue weighted by atomic mass is 32.1. The zero-order valence-electron chi connectivity index (χ0n) is 15.9. The number of benzene rings is 3. The molecule has 0 heterocycles. The predicted octanol–water partition coefficient (Wildman–Crippen LogP) is 4.21. The van der Waals surface area contributed by atoms with E-state index in [9.17, 15) is 4.79 Å². The molecule has 0 fully saturated rings. The quantitative estimate of drug-likeness (QED) is 0.360. The van der Waals surface area contributed by atoms with Gasteiger partial charge in [0.25, 0.3) is 0 Å². The van der Waals surface area contributed by atoms with Crippen LogP contribution < -0.4 is 5.73 Å². The Labute approximate surface area is 172 Å². The Hall–Kier alpha value is -2.56. The van der Waals surface area contributed by atoms with Crippen molar-refractivity contribution in [2.24, 2.45) is 5.73 Å². The Bertz CT molecular complexity index is 788. The van der Waals surface area contributed by atoms with Gasteiger partial charge in [0.05, 0.1) is 12.0 Å². The van der Waals surface area contributed by atoms with Crippen molar-refractivity contribution in [3.05, 3.63) is 108 Å². The van der Waals surface area contributed by atoms with Gasteiger partial charge in [-0.2, -0.15) is 12.6 Å². The molecule has 1 unspecified atom stereocenters. The normalized spacial score (nSPS) is 13.5. The Balaban J connectivity index is 2.30. The number of hydrogen-bond acceptors (Lipinski definition) is 4. The molecule has 0 radical (unpaired) electrons. The van der Waals surface area contributed by atoms with E-state index in [4.69, 9.17) is 23.1 Å². The highest BCUT2D eigenvalue weighted by molar-refractivity contribution is 7.81. The van der Waals surface area contributed by atoms with Crippen LogP contribution in [0.15, 0.2) is 91.0 Å². The fourth-order valence-electron chi connectivity index (χ4n) is 3.75. The van der Waals surface area contributed by atoms with Gasteiger partial charge in [-0.05, 0) is 23.6 Å². The number of hydrogen-bond donors (Lipinski definition) is 2. The summed E-state index contributed by atoms with van der Waals surface area (Å²) in [7, 11) is 0. The fourth-order valence-corrected chi connectivity index (χ4v) is 4.32. The lowest BCUT2D eigenvalue weighted by Gasteiger charge is -2.42. The molecule has 2 N–H and O–H groups in total. The lowest BCUT2D eigenvalue weighted by molar-refractivity contribution is -0.144. The molecule has 0 aliphatic heterocycles. The number of carbonyl (C=O) groups is 1. The van der Waals surface area contributed by atoms with E-state index in [0.29, 0.717) is 0 Å². The minimum atomic E-state index is -0.899. The van der Waals surface area contributed by atoms with Crippen molar-refractivity contribution in [1.82, 2.24) is 0 Å². The van der Waals surface area contributed by atoms with Gasteiger partial charge in [0.2, 0.25) is 0 Å². The van der Waals surface area contributed by atoms with Crippen molar-refractivity contribution in [2.45, 2.75) is 23.6 Å². The standard InChI is InChI=1S/C24H25NO2S/c1-2-27-23(26)21(25)22(28)24(18-12-6-3-7-13-18,19-14-8-4-9-15-19)20-16-10-5-11-17-20/h3-17,21-22,28H,2,25H2,1H3/t21-,22?/m0/s1. The second kappa shape index (κ2) is 9.09. The van der Waals surface area contributed by atoms with Gasteiger partial charge in [0.15, 0.2) is 0 Å². The summed E-state index contributed by atoms with van der Waals surface area (Å²) in [6.45, 7) is 2.05. The topological polar surface area (TPSA) is 52.3 Å². The highest BCUT2D eigenvalue weighted by Crippen LogP contribution is 2.45. The second-order valence-electron chi connectivity index (χ2n) is 6.63. The van der Waals surface area contributed by atoms with E-state index >= 15 is 0 Å². The first-order chi connectivity index (χ1) is 13.6. The Morgan fingerprint density at radius 3 is 1.54 bits per heavy atom. The minimum absolute atomic E-state index is 0.280. The number of thiol groups is 1. The van der Waals surface area contributed by atoms with E-state index in [2.05, 4.69) is 36.4 Å². The molecule has 0 amide bonds. The molecule has 4 heteroatoms. The first-order valence-electron chi connectivity index (χ1n) is 9.39. The summed E-state index contributed by atoms with van der Waals surface area (Å²) in [5.74, 6) is -0.449. The van der Waals surface area contributed by atoms with Gasteiger partial charge in [0, 0.05) is 5.25 Å². The second-order valence-corrected chi connectivity index (χ2v) is 7.19. The molecule has 28 heavy (non-hydrogen) atoms. The molecular weight excluding hydrogens is 366 g/mol. The number of esters is 1. The summed E-state index contributed by atoms with van der Waals surface area (Å²) in [6, 6.07) is 29.3. The largest absolute Gasteiger partial charge is 0.465 e. The van der Waals surface area contributed by atoms with Crippen molar-refractivity contribution in [1.29, 1.82) is 0 Å². The minimum Gasteiger partial charge on any atom is -0.465 e. The summed E-state index contributed by atoms with van der Waals surface area (Å²) < 4.78 is 5.21. The fraction of sp³-hybridized carbons (Fsp3) is 0.208. The molecule has 0 aromatic heterocycles. The van der Waals surface area contributed by atoms with Crippen molar-refractivity contribution in [3.8, 4) is 0 Å². The van der Waals surface area contributed by atoms with Crippen LogP contribution in [0.5, 0.6) is 0 Å². The number of nitrogens with two attached hydrogens (primary N) is 1. The lowest BCUT2D eigenvalue weighted by Crippen LogP contribution is -2.52. The SMILES string of the molecule is CCOC(=O)[C@@H](N)C(S)C(c1ccccc1)(c1ccccc1)c1ccccc1. The van der Waals surface area contributed by atoms with Crippen LogP contribution in [-0.4, -0.2) is 23.9 Å². The zero-order chi connectivity index (χ0) is 20.0. The van der Waals surface area contributed by atoms with E-state index in [1.807, 2.05) is 54.6 Å². The number of carbonyl (C=O) groups excluding carboxylic acids is 1. The van der Waals surface area contributed by atoms with Gasteiger partial charge in [-0.15, -0.1) is 0 Å². The molecule has 2 atom stereocenters. The molecule has 3 aromatic rings. The Morgan fingerprint density at radius 1 is 0.857 bits per heavy atom. The molecular formula is C24H25NO2S. The molecule has 0 saturated carbocycles. The van der Waals surface area contributed by atoms with Gasteiger partial charge >= 0.3 is 5.97 Å². The average Bonchev–Trinajstić information content (AvgIpc) is 2.76. The van der Waals surface area contributed by atoms with E-state index in [1.165, 1.54) is 0 Å². The first kappa shape index (κ1) is 20.2. The molecule has 0 aliphatic rings. The summed E-state index contributed by atoms with van der Waals surface area (Å²) in [4.78, 5) is 12.5. The molecule has 3 nitrogen and oxygen atoms in total. The van der Waals surface area contributed by atoms with Crippen LogP contribution in [0.4, 0.5) is 0 Å². The van der Waals surface area contributed by atoms with Crippen molar-refractivity contribution >= 4 is 18.6 Å². The van der Waals surface area contributed by atoms with E-state index < -0.39 is 22.7 Å². The zero-order valence-corrected chi connectivity index (χ0v) is 16.8.